The molecule has 0 saturated heterocycles. The molecule has 1 aliphatic rings. The third kappa shape index (κ3) is 4.24. The molecule has 0 spiro atoms. The van der Waals surface area contributed by atoms with Crippen molar-refractivity contribution in [3.8, 4) is 11.5 Å². The highest BCUT2D eigenvalue weighted by Gasteiger charge is 2.18. The van der Waals surface area contributed by atoms with Gasteiger partial charge in [0.2, 0.25) is 0 Å². The molecule has 0 unspecified atom stereocenters. The van der Waals surface area contributed by atoms with Crippen LogP contribution in [-0.4, -0.2) is 18.8 Å². The van der Waals surface area contributed by atoms with Gasteiger partial charge in [0, 0.05) is 5.70 Å². The average Bonchev–Trinajstić information content (AvgIpc) is 2.61. The predicted octanol–water partition coefficient (Wildman–Crippen LogP) is 3.86. The van der Waals surface area contributed by atoms with Crippen molar-refractivity contribution in [2.75, 3.05) is 7.11 Å². The Morgan fingerprint density at radius 3 is 2.24 bits per heavy atom. The minimum atomic E-state index is -2.84. The van der Waals surface area contributed by atoms with Gasteiger partial charge in [0.05, 0.1) is 13.2 Å². The highest BCUT2D eigenvalue weighted by atomic mass is 32.1. The zero-order valence-corrected chi connectivity index (χ0v) is 14.1. The number of hydrogen-bond donors (Lipinski definition) is 2. The van der Waals surface area contributed by atoms with Gasteiger partial charge in [-0.15, -0.1) is 0 Å². The number of methoxy groups -OCH3 is 1. The van der Waals surface area contributed by atoms with Crippen LogP contribution in [0.1, 0.15) is 17.2 Å². The summed E-state index contributed by atoms with van der Waals surface area (Å²) in [5.41, 5.74) is 2.72. The molecular formula is C18H16F2N2O2S. The normalized spacial score (nSPS) is 16.7. The van der Waals surface area contributed by atoms with E-state index in [1.54, 1.807) is 19.2 Å². The van der Waals surface area contributed by atoms with Gasteiger partial charge in [-0.3, -0.25) is 0 Å². The number of nitrogens with one attached hydrogen (secondary N) is 2. The van der Waals surface area contributed by atoms with Crippen LogP contribution in [0.5, 0.6) is 11.5 Å². The number of ether oxygens (including phenoxy) is 2. The van der Waals surface area contributed by atoms with E-state index in [0.717, 1.165) is 22.6 Å². The molecule has 2 N–H and O–H groups in total. The summed E-state index contributed by atoms with van der Waals surface area (Å²) in [6, 6.07) is 13.9. The summed E-state index contributed by atoms with van der Waals surface area (Å²) in [6.45, 7) is -2.84. The van der Waals surface area contributed by atoms with E-state index in [-0.39, 0.29) is 11.8 Å². The molecule has 1 atom stereocenters. The van der Waals surface area contributed by atoms with Crippen molar-refractivity contribution in [1.29, 1.82) is 0 Å². The molecule has 1 heterocycles. The fourth-order valence-electron chi connectivity index (χ4n) is 2.52. The van der Waals surface area contributed by atoms with Crippen LogP contribution >= 0.6 is 12.2 Å². The quantitative estimate of drug-likeness (QED) is 0.791. The number of benzene rings is 2. The van der Waals surface area contributed by atoms with Crippen molar-refractivity contribution in [2.24, 2.45) is 0 Å². The average molecular weight is 362 g/mol. The fourth-order valence-corrected chi connectivity index (χ4v) is 2.76. The minimum Gasteiger partial charge on any atom is -0.497 e. The highest BCUT2D eigenvalue weighted by Crippen LogP contribution is 2.26. The van der Waals surface area contributed by atoms with Crippen LogP contribution in [0.2, 0.25) is 0 Å². The van der Waals surface area contributed by atoms with E-state index in [1.165, 1.54) is 12.1 Å². The lowest BCUT2D eigenvalue weighted by Crippen LogP contribution is -2.40. The fraction of sp³-hybridized carbons (Fsp3) is 0.167. The van der Waals surface area contributed by atoms with E-state index in [4.69, 9.17) is 17.0 Å². The smallest absolute Gasteiger partial charge is 0.387 e. The number of halogens is 2. The minimum absolute atomic E-state index is 0.120. The van der Waals surface area contributed by atoms with Crippen LogP contribution in [0, 0.1) is 0 Å². The molecule has 0 fully saturated rings. The Bertz CT molecular complexity index is 777. The van der Waals surface area contributed by atoms with E-state index in [0.29, 0.717) is 5.11 Å². The number of alkyl halides is 2. The van der Waals surface area contributed by atoms with E-state index in [2.05, 4.69) is 15.4 Å². The molecule has 0 bridgehead atoms. The topological polar surface area (TPSA) is 42.5 Å². The second-order valence-electron chi connectivity index (χ2n) is 5.33. The molecule has 0 aliphatic carbocycles. The Morgan fingerprint density at radius 2 is 1.64 bits per heavy atom. The maximum atomic E-state index is 12.2. The van der Waals surface area contributed by atoms with Crippen molar-refractivity contribution in [3.63, 3.8) is 0 Å². The SMILES string of the molecule is COc1ccc(C2=C[C@@H](c3ccc(OC(F)F)cc3)NC(=S)N2)cc1. The highest BCUT2D eigenvalue weighted by molar-refractivity contribution is 7.80. The Balaban J connectivity index is 1.84. The van der Waals surface area contributed by atoms with Crippen molar-refractivity contribution in [1.82, 2.24) is 10.6 Å². The predicted molar refractivity (Wildman–Crippen MR) is 95.7 cm³/mol. The van der Waals surface area contributed by atoms with Crippen LogP contribution in [0.25, 0.3) is 5.70 Å². The molecule has 2 aromatic rings. The number of hydrogen-bond acceptors (Lipinski definition) is 3. The van der Waals surface area contributed by atoms with Gasteiger partial charge < -0.3 is 20.1 Å². The Labute approximate surface area is 149 Å². The zero-order chi connectivity index (χ0) is 17.8. The first-order valence-electron chi connectivity index (χ1n) is 7.53. The summed E-state index contributed by atoms with van der Waals surface area (Å²) in [6.07, 6.45) is 1.99. The standard InChI is InChI=1S/C18H16F2N2O2S/c1-23-13-6-2-11(3-7-13)15-10-16(22-18(25)21-15)12-4-8-14(9-5-12)24-17(19)20/h2-10,16-17H,1H3,(H2,21,22,25)/t16-/m0/s1. The lowest BCUT2D eigenvalue weighted by molar-refractivity contribution is -0.0498. The molecule has 0 radical (unpaired) electrons. The van der Waals surface area contributed by atoms with Crippen LogP contribution in [0.4, 0.5) is 8.78 Å². The van der Waals surface area contributed by atoms with Gasteiger partial charge >= 0.3 is 6.61 Å². The van der Waals surface area contributed by atoms with Gasteiger partial charge in [0.25, 0.3) is 0 Å². The Morgan fingerprint density at radius 1 is 1.00 bits per heavy atom. The first-order chi connectivity index (χ1) is 12.0. The molecule has 1 aliphatic heterocycles. The van der Waals surface area contributed by atoms with Crippen molar-refractivity contribution in [3.05, 3.63) is 65.7 Å². The van der Waals surface area contributed by atoms with Crippen LogP contribution in [0.15, 0.2) is 54.6 Å². The first-order valence-corrected chi connectivity index (χ1v) is 7.94. The van der Waals surface area contributed by atoms with E-state index in [9.17, 15) is 8.78 Å². The third-order valence-corrected chi connectivity index (χ3v) is 3.95. The molecule has 4 nitrogen and oxygen atoms in total. The van der Waals surface area contributed by atoms with E-state index >= 15 is 0 Å². The van der Waals surface area contributed by atoms with E-state index in [1.807, 2.05) is 30.3 Å². The van der Waals surface area contributed by atoms with Crippen LogP contribution < -0.4 is 20.1 Å². The first kappa shape index (κ1) is 17.2. The molecule has 2 aromatic carbocycles. The van der Waals surface area contributed by atoms with Crippen molar-refractivity contribution in [2.45, 2.75) is 12.7 Å². The molecule has 0 saturated carbocycles. The summed E-state index contributed by atoms with van der Waals surface area (Å²) in [7, 11) is 1.61. The Kier molecular flexibility index (Phi) is 5.14. The van der Waals surface area contributed by atoms with Crippen LogP contribution in [-0.2, 0) is 0 Å². The van der Waals surface area contributed by atoms with Gasteiger partial charge in [0.15, 0.2) is 5.11 Å². The third-order valence-electron chi connectivity index (χ3n) is 3.73. The second-order valence-corrected chi connectivity index (χ2v) is 5.74. The lowest BCUT2D eigenvalue weighted by Gasteiger charge is -2.26. The zero-order valence-electron chi connectivity index (χ0n) is 13.3. The monoisotopic (exact) mass is 362 g/mol. The van der Waals surface area contributed by atoms with Gasteiger partial charge in [-0.2, -0.15) is 8.78 Å². The van der Waals surface area contributed by atoms with Crippen molar-refractivity contribution < 1.29 is 18.3 Å². The molecule has 25 heavy (non-hydrogen) atoms. The summed E-state index contributed by atoms with van der Waals surface area (Å²) in [5.74, 6) is 0.890. The second kappa shape index (κ2) is 7.48. The molecule has 130 valence electrons. The molecule has 0 amide bonds. The number of thiocarbonyl (C=S) groups is 1. The summed E-state index contributed by atoms with van der Waals surface area (Å²) in [4.78, 5) is 0. The van der Waals surface area contributed by atoms with Crippen LogP contribution in [0.3, 0.4) is 0 Å². The maximum absolute atomic E-state index is 12.2. The lowest BCUT2D eigenvalue weighted by atomic mass is 10.0. The summed E-state index contributed by atoms with van der Waals surface area (Å²) in [5, 5.41) is 6.76. The van der Waals surface area contributed by atoms with Gasteiger partial charge in [-0.25, -0.2) is 0 Å². The molecular weight excluding hydrogens is 346 g/mol. The Hall–Kier alpha value is -2.67. The molecule has 0 aromatic heterocycles. The largest absolute Gasteiger partial charge is 0.497 e. The molecule has 7 heteroatoms. The van der Waals surface area contributed by atoms with Gasteiger partial charge in [-0.1, -0.05) is 12.1 Å². The van der Waals surface area contributed by atoms with Gasteiger partial charge in [0.1, 0.15) is 11.5 Å². The number of rotatable bonds is 5. The molecule has 3 rings (SSSR count). The summed E-state index contributed by atoms with van der Waals surface area (Å²) >= 11 is 5.28. The van der Waals surface area contributed by atoms with Crippen molar-refractivity contribution >= 4 is 23.0 Å². The van der Waals surface area contributed by atoms with Gasteiger partial charge in [-0.05, 0) is 65.8 Å². The summed E-state index contributed by atoms with van der Waals surface area (Å²) < 4.78 is 34.0. The maximum Gasteiger partial charge on any atom is 0.387 e. The van der Waals surface area contributed by atoms with E-state index < -0.39 is 6.61 Å².